The highest BCUT2D eigenvalue weighted by molar-refractivity contribution is 5.30. The molecule has 0 aromatic heterocycles. The van der Waals surface area contributed by atoms with Crippen molar-refractivity contribution >= 4 is 0 Å². The van der Waals surface area contributed by atoms with Crippen molar-refractivity contribution in [1.82, 2.24) is 5.32 Å². The summed E-state index contributed by atoms with van der Waals surface area (Å²) in [7, 11) is 0. The van der Waals surface area contributed by atoms with Gasteiger partial charge >= 0.3 is 0 Å². The number of hydrogen-bond acceptors (Lipinski definition) is 2. The monoisotopic (exact) mass is 268 g/mol. The van der Waals surface area contributed by atoms with Crippen LogP contribution in [0.4, 0.5) is 0 Å². The lowest BCUT2D eigenvalue weighted by Crippen LogP contribution is -2.17. The van der Waals surface area contributed by atoms with Gasteiger partial charge < -0.3 is 11.1 Å². The molecule has 0 atom stereocenters. The second kappa shape index (κ2) is 7.22. The average Bonchev–Trinajstić information content (AvgIpc) is 2.45. The Morgan fingerprint density at radius 2 is 1.80 bits per heavy atom. The lowest BCUT2D eigenvalue weighted by atomic mass is 10.0. The molecule has 0 aliphatic heterocycles. The Morgan fingerprint density at radius 3 is 2.55 bits per heavy atom. The highest BCUT2D eigenvalue weighted by atomic mass is 14.8. The molecule has 0 amide bonds. The topological polar surface area (TPSA) is 38.0 Å². The molecule has 0 saturated heterocycles. The molecular weight excluding hydrogens is 244 g/mol. The van der Waals surface area contributed by atoms with Gasteiger partial charge in [-0.1, -0.05) is 48.0 Å². The van der Waals surface area contributed by atoms with Crippen LogP contribution in [0.1, 0.15) is 27.8 Å². The summed E-state index contributed by atoms with van der Waals surface area (Å²) in [5.41, 5.74) is 12.3. The van der Waals surface area contributed by atoms with Gasteiger partial charge in [0.1, 0.15) is 0 Å². The van der Waals surface area contributed by atoms with Gasteiger partial charge in [-0.2, -0.15) is 0 Å². The third-order valence-electron chi connectivity index (χ3n) is 3.63. The predicted molar refractivity (Wildman–Crippen MR) is 85.7 cm³/mol. The van der Waals surface area contributed by atoms with Gasteiger partial charge in [-0.15, -0.1) is 0 Å². The number of hydrogen-bond donors (Lipinski definition) is 2. The van der Waals surface area contributed by atoms with Gasteiger partial charge in [0.25, 0.3) is 0 Å². The summed E-state index contributed by atoms with van der Waals surface area (Å²) < 4.78 is 0. The molecule has 0 saturated carbocycles. The molecule has 106 valence electrons. The van der Waals surface area contributed by atoms with Gasteiger partial charge in [0.2, 0.25) is 0 Å². The Bertz CT molecular complexity index is 561. The molecular formula is C18H24N2. The first-order valence-corrected chi connectivity index (χ1v) is 7.24. The number of rotatable bonds is 6. The van der Waals surface area contributed by atoms with Gasteiger partial charge in [-0.3, -0.25) is 0 Å². The zero-order valence-electron chi connectivity index (χ0n) is 12.4. The van der Waals surface area contributed by atoms with Gasteiger partial charge in [-0.05, 0) is 49.1 Å². The smallest absolute Gasteiger partial charge is 0.0205 e. The first-order chi connectivity index (χ1) is 9.69. The minimum atomic E-state index is 0.608. The van der Waals surface area contributed by atoms with Crippen molar-refractivity contribution in [1.29, 1.82) is 0 Å². The first kappa shape index (κ1) is 14.8. The van der Waals surface area contributed by atoms with Crippen molar-refractivity contribution < 1.29 is 0 Å². The van der Waals surface area contributed by atoms with Crippen molar-refractivity contribution in [2.24, 2.45) is 5.73 Å². The first-order valence-electron chi connectivity index (χ1n) is 7.24. The molecule has 2 rings (SSSR count). The number of nitrogens with two attached hydrogens (primary N) is 1. The van der Waals surface area contributed by atoms with Gasteiger partial charge in [0.05, 0.1) is 0 Å². The molecule has 0 aliphatic rings. The molecule has 3 N–H and O–H groups in total. The van der Waals surface area contributed by atoms with Crippen molar-refractivity contribution in [3.63, 3.8) is 0 Å². The van der Waals surface area contributed by atoms with E-state index >= 15 is 0 Å². The second-order valence-corrected chi connectivity index (χ2v) is 5.38. The zero-order chi connectivity index (χ0) is 14.4. The van der Waals surface area contributed by atoms with Crippen LogP contribution >= 0.6 is 0 Å². The van der Waals surface area contributed by atoms with Crippen LogP contribution in [0.2, 0.25) is 0 Å². The summed E-state index contributed by atoms with van der Waals surface area (Å²) >= 11 is 0. The van der Waals surface area contributed by atoms with Crippen LogP contribution in [0.15, 0.2) is 42.5 Å². The van der Waals surface area contributed by atoms with E-state index in [1.165, 1.54) is 27.8 Å². The lowest BCUT2D eigenvalue weighted by molar-refractivity contribution is 0.685. The highest BCUT2D eigenvalue weighted by Gasteiger charge is 1.99. The fourth-order valence-electron chi connectivity index (χ4n) is 2.45. The molecule has 0 fully saturated rings. The second-order valence-electron chi connectivity index (χ2n) is 5.38. The van der Waals surface area contributed by atoms with E-state index < -0.39 is 0 Å². The van der Waals surface area contributed by atoms with Gasteiger partial charge in [0, 0.05) is 13.1 Å². The highest BCUT2D eigenvalue weighted by Crippen LogP contribution is 2.11. The molecule has 2 nitrogen and oxygen atoms in total. The fourth-order valence-corrected chi connectivity index (χ4v) is 2.45. The van der Waals surface area contributed by atoms with E-state index in [9.17, 15) is 0 Å². The Kier molecular flexibility index (Phi) is 5.33. The molecule has 0 unspecified atom stereocenters. The van der Waals surface area contributed by atoms with E-state index in [0.29, 0.717) is 6.54 Å². The van der Waals surface area contributed by atoms with Crippen LogP contribution in [0.5, 0.6) is 0 Å². The van der Waals surface area contributed by atoms with Gasteiger partial charge in [0.15, 0.2) is 0 Å². The molecule has 0 spiro atoms. The van der Waals surface area contributed by atoms with Crippen LogP contribution in [0.3, 0.4) is 0 Å². The van der Waals surface area contributed by atoms with E-state index in [1.807, 2.05) is 0 Å². The van der Waals surface area contributed by atoms with Crippen molar-refractivity contribution in [2.45, 2.75) is 33.4 Å². The maximum absolute atomic E-state index is 5.66. The summed E-state index contributed by atoms with van der Waals surface area (Å²) in [5, 5.41) is 3.50. The molecule has 20 heavy (non-hydrogen) atoms. The minimum absolute atomic E-state index is 0.608. The summed E-state index contributed by atoms with van der Waals surface area (Å²) in [6.45, 7) is 6.83. The molecule has 2 aromatic rings. The van der Waals surface area contributed by atoms with E-state index in [1.54, 1.807) is 0 Å². The van der Waals surface area contributed by atoms with Crippen LogP contribution in [0.25, 0.3) is 0 Å². The molecule has 2 aromatic carbocycles. The fraction of sp³-hybridized carbons (Fsp3) is 0.333. The van der Waals surface area contributed by atoms with Gasteiger partial charge in [-0.25, -0.2) is 0 Å². The molecule has 0 aliphatic carbocycles. The Balaban J connectivity index is 1.81. The number of aryl methyl sites for hydroxylation is 2. The summed E-state index contributed by atoms with van der Waals surface area (Å²) in [6.07, 6.45) is 1.07. The van der Waals surface area contributed by atoms with Crippen LogP contribution in [-0.2, 0) is 19.5 Å². The van der Waals surface area contributed by atoms with Crippen LogP contribution in [-0.4, -0.2) is 6.54 Å². The maximum Gasteiger partial charge on any atom is 0.0205 e. The molecule has 0 bridgehead atoms. The lowest BCUT2D eigenvalue weighted by Gasteiger charge is -2.09. The van der Waals surface area contributed by atoms with Crippen molar-refractivity contribution in [2.75, 3.05) is 6.54 Å². The van der Waals surface area contributed by atoms with Crippen LogP contribution in [0, 0.1) is 13.8 Å². The quantitative estimate of drug-likeness (QED) is 0.790. The van der Waals surface area contributed by atoms with E-state index in [2.05, 4.69) is 61.6 Å². The normalized spacial score (nSPS) is 10.8. The maximum atomic E-state index is 5.66. The summed E-state index contributed by atoms with van der Waals surface area (Å²) in [6, 6.07) is 15.1. The Labute approximate surface area is 122 Å². The zero-order valence-corrected chi connectivity index (χ0v) is 12.4. The average molecular weight is 268 g/mol. The van der Waals surface area contributed by atoms with Crippen molar-refractivity contribution in [3.05, 3.63) is 70.3 Å². The molecule has 2 heteroatoms. The summed E-state index contributed by atoms with van der Waals surface area (Å²) in [4.78, 5) is 0. The number of nitrogens with one attached hydrogen (secondary N) is 1. The summed E-state index contributed by atoms with van der Waals surface area (Å²) in [5.74, 6) is 0. The third-order valence-corrected chi connectivity index (χ3v) is 3.63. The van der Waals surface area contributed by atoms with Crippen molar-refractivity contribution in [3.8, 4) is 0 Å². The Hall–Kier alpha value is -1.64. The minimum Gasteiger partial charge on any atom is -0.326 e. The number of benzene rings is 2. The molecule has 0 heterocycles. The SMILES string of the molecule is Cc1ccc(CCNCc2cccc(CN)c2)c(C)c1. The standard InChI is InChI=1S/C18H24N2/c1-14-6-7-18(15(2)10-14)8-9-20-13-17-5-3-4-16(11-17)12-19/h3-7,10-11,20H,8-9,12-13,19H2,1-2H3. The predicted octanol–water partition coefficient (Wildman–Crippen LogP) is 3.09. The van der Waals surface area contributed by atoms with E-state index in [4.69, 9.17) is 5.73 Å². The van der Waals surface area contributed by atoms with E-state index in [-0.39, 0.29) is 0 Å². The Morgan fingerprint density at radius 1 is 1.00 bits per heavy atom. The van der Waals surface area contributed by atoms with Crippen LogP contribution < -0.4 is 11.1 Å². The largest absolute Gasteiger partial charge is 0.326 e. The third kappa shape index (κ3) is 4.19. The molecule has 0 radical (unpaired) electrons. The van der Waals surface area contributed by atoms with E-state index in [0.717, 1.165) is 19.5 Å².